The maximum atomic E-state index is 13.5. The zero-order valence-corrected chi connectivity index (χ0v) is 24.6. The smallest absolute Gasteiger partial charge is 0.374 e. The summed E-state index contributed by atoms with van der Waals surface area (Å²) >= 11 is 0. The minimum absolute atomic E-state index is 0.136. The summed E-state index contributed by atoms with van der Waals surface area (Å²) in [5, 5.41) is 0. The van der Waals surface area contributed by atoms with Crippen LogP contribution in [0.15, 0.2) is 12.5 Å². The molecule has 1 fully saturated rings. The standard InChI is InChI=1S/C26H46N5O6P/c1-7-9-11-12-14-19(13-10-8-2)15-21-22(37-38(32,34-6)36-18(3)4)23(33-5)25(35-21)31-17-29-20-16-28-26(27)30-24(20)31/h16-19,21-23,25H,7-15H2,1-6H3,(H2,27,28,30). The van der Waals surface area contributed by atoms with Gasteiger partial charge in [0.1, 0.15) is 17.7 Å². The maximum absolute atomic E-state index is 13.5. The first-order chi connectivity index (χ1) is 18.2. The number of nitrogens with zero attached hydrogens (tertiary/aromatic N) is 4. The Morgan fingerprint density at radius 3 is 2.47 bits per heavy atom. The van der Waals surface area contributed by atoms with Crippen molar-refractivity contribution in [3.05, 3.63) is 12.5 Å². The molecule has 0 spiro atoms. The van der Waals surface area contributed by atoms with Crippen molar-refractivity contribution in [2.45, 2.75) is 116 Å². The molecule has 0 aliphatic carbocycles. The van der Waals surface area contributed by atoms with Gasteiger partial charge in [-0.15, -0.1) is 0 Å². The van der Waals surface area contributed by atoms with Gasteiger partial charge in [0.15, 0.2) is 11.9 Å². The van der Waals surface area contributed by atoms with Gasteiger partial charge in [0.25, 0.3) is 0 Å². The highest BCUT2D eigenvalue weighted by atomic mass is 31.2. The molecule has 0 radical (unpaired) electrons. The van der Waals surface area contributed by atoms with Crippen LogP contribution in [0.5, 0.6) is 0 Å². The molecule has 11 nitrogen and oxygen atoms in total. The minimum atomic E-state index is -3.88. The van der Waals surface area contributed by atoms with Crippen molar-refractivity contribution in [2.24, 2.45) is 5.92 Å². The summed E-state index contributed by atoms with van der Waals surface area (Å²) in [6, 6.07) is 0. The number of ether oxygens (including phenoxy) is 2. The van der Waals surface area contributed by atoms with Gasteiger partial charge >= 0.3 is 7.82 Å². The monoisotopic (exact) mass is 555 g/mol. The van der Waals surface area contributed by atoms with E-state index < -0.39 is 32.4 Å². The number of hydrogen-bond acceptors (Lipinski definition) is 10. The van der Waals surface area contributed by atoms with Crippen LogP contribution in [0.4, 0.5) is 5.95 Å². The van der Waals surface area contributed by atoms with Crippen LogP contribution in [-0.4, -0.2) is 58.2 Å². The summed E-state index contributed by atoms with van der Waals surface area (Å²) in [6.45, 7) is 8.00. The Labute approximate surface area is 226 Å². The highest BCUT2D eigenvalue weighted by Gasteiger charge is 2.51. The molecule has 0 bridgehead atoms. The number of unbranched alkanes of at least 4 members (excludes halogenated alkanes) is 4. The van der Waals surface area contributed by atoms with Crippen LogP contribution in [0.1, 0.15) is 91.7 Å². The van der Waals surface area contributed by atoms with Crippen LogP contribution in [0.3, 0.4) is 0 Å². The number of hydrogen-bond donors (Lipinski definition) is 1. The third-order valence-corrected chi connectivity index (χ3v) is 8.61. The number of phosphoric ester groups is 1. The zero-order valence-electron chi connectivity index (χ0n) is 23.7. The first kappa shape index (κ1) is 30.9. The average Bonchev–Trinajstić information content (AvgIpc) is 3.44. The topological polar surface area (TPSA) is 133 Å². The van der Waals surface area contributed by atoms with Crippen LogP contribution in [0.2, 0.25) is 0 Å². The second-order valence-electron chi connectivity index (χ2n) is 10.3. The molecule has 6 unspecified atom stereocenters. The van der Waals surface area contributed by atoms with Crippen molar-refractivity contribution in [2.75, 3.05) is 20.0 Å². The number of methoxy groups -OCH3 is 1. The molecule has 1 saturated heterocycles. The summed E-state index contributed by atoms with van der Waals surface area (Å²) in [5.41, 5.74) is 6.98. The van der Waals surface area contributed by atoms with Crippen molar-refractivity contribution in [1.29, 1.82) is 0 Å². The fourth-order valence-electron chi connectivity index (χ4n) is 5.11. The van der Waals surface area contributed by atoms with E-state index in [1.54, 1.807) is 38.0 Å². The number of fused-ring (bicyclic) bond motifs is 1. The first-order valence-corrected chi connectivity index (χ1v) is 15.4. The lowest BCUT2D eigenvalue weighted by molar-refractivity contribution is -0.0531. The molecule has 0 saturated carbocycles. The Bertz CT molecular complexity index is 1040. The van der Waals surface area contributed by atoms with Gasteiger partial charge in [-0.05, 0) is 26.2 Å². The van der Waals surface area contributed by atoms with E-state index in [0.717, 1.165) is 32.1 Å². The SMILES string of the molecule is CCCCCCC(CCCC)CC1OC(n2cnc3cnc(N)nc32)C(OC)C1OP(=O)(OC)OC(C)C. The van der Waals surface area contributed by atoms with E-state index in [2.05, 4.69) is 28.8 Å². The van der Waals surface area contributed by atoms with Gasteiger partial charge < -0.3 is 15.2 Å². The van der Waals surface area contributed by atoms with Crippen LogP contribution < -0.4 is 5.73 Å². The fraction of sp³-hybridized carbons (Fsp3) is 0.808. The molecule has 216 valence electrons. The lowest BCUT2D eigenvalue weighted by Gasteiger charge is -2.29. The molecule has 0 aromatic carbocycles. The van der Waals surface area contributed by atoms with Crippen molar-refractivity contribution in [3.63, 3.8) is 0 Å². The Hall–Kier alpha value is -1.62. The van der Waals surface area contributed by atoms with E-state index in [9.17, 15) is 4.57 Å². The number of phosphoric acid groups is 1. The zero-order chi connectivity index (χ0) is 27.7. The fourth-order valence-corrected chi connectivity index (χ4v) is 6.40. The van der Waals surface area contributed by atoms with Gasteiger partial charge in [0, 0.05) is 14.2 Å². The van der Waals surface area contributed by atoms with Crippen LogP contribution in [-0.2, 0) is 27.6 Å². The predicted octanol–water partition coefficient (Wildman–Crippen LogP) is 6.05. The van der Waals surface area contributed by atoms with E-state index >= 15 is 0 Å². The van der Waals surface area contributed by atoms with E-state index in [1.807, 2.05) is 0 Å². The third-order valence-electron chi connectivity index (χ3n) is 6.98. The van der Waals surface area contributed by atoms with Crippen LogP contribution in [0, 0.1) is 5.92 Å². The normalized spacial score (nSPS) is 24.3. The average molecular weight is 556 g/mol. The molecule has 1 aliphatic heterocycles. The summed E-state index contributed by atoms with van der Waals surface area (Å²) in [4.78, 5) is 12.8. The van der Waals surface area contributed by atoms with Crippen LogP contribution >= 0.6 is 7.82 Å². The number of imidazole rings is 1. The number of aromatic nitrogens is 4. The second-order valence-corrected chi connectivity index (χ2v) is 12.0. The van der Waals surface area contributed by atoms with E-state index in [0.29, 0.717) is 17.1 Å². The van der Waals surface area contributed by atoms with Gasteiger partial charge in [0.2, 0.25) is 5.95 Å². The molecule has 2 aromatic heterocycles. The number of nitrogens with two attached hydrogens (primary N) is 1. The molecule has 2 N–H and O–H groups in total. The quantitative estimate of drug-likeness (QED) is 0.182. The molecule has 38 heavy (non-hydrogen) atoms. The molecule has 6 atom stereocenters. The van der Waals surface area contributed by atoms with Gasteiger partial charge in [0.05, 0.1) is 24.7 Å². The highest BCUT2D eigenvalue weighted by Crippen LogP contribution is 2.54. The van der Waals surface area contributed by atoms with Gasteiger partial charge in [-0.2, -0.15) is 4.98 Å². The van der Waals surface area contributed by atoms with E-state index in [-0.39, 0.29) is 12.1 Å². The Kier molecular flexibility index (Phi) is 11.9. The molecule has 0 amide bonds. The number of anilines is 1. The minimum Gasteiger partial charge on any atom is -0.374 e. The Morgan fingerprint density at radius 2 is 1.82 bits per heavy atom. The van der Waals surface area contributed by atoms with Gasteiger partial charge in [-0.25, -0.2) is 14.5 Å². The molecular formula is C26H46N5O6P. The summed E-state index contributed by atoms with van der Waals surface area (Å²) in [5.74, 6) is 0.570. The summed E-state index contributed by atoms with van der Waals surface area (Å²) in [6.07, 6.45) is 10.5. The van der Waals surface area contributed by atoms with Gasteiger partial charge in [-0.1, -0.05) is 65.2 Å². The molecule has 2 aromatic rings. The first-order valence-electron chi connectivity index (χ1n) is 13.9. The van der Waals surface area contributed by atoms with Crippen LogP contribution in [0.25, 0.3) is 11.2 Å². The number of nitrogen functional groups attached to an aromatic ring is 1. The molecule has 12 heteroatoms. The molecule has 1 aliphatic rings. The third kappa shape index (κ3) is 7.96. The largest absolute Gasteiger partial charge is 0.475 e. The van der Waals surface area contributed by atoms with Crippen molar-refractivity contribution < 1.29 is 27.6 Å². The van der Waals surface area contributed by atoms with Crippen molar-refractivity contribution in [1.82, 2.24) is 19.5 Å². The molecule has 3 heterocycles. The predicted molar refractivity (Wildman–Crippen MR) is 147 cm³/mol. The second kappa shape index (κ2) is 14.7. The van der Waals surface area contributed by atoms with Crippen molar-refractivity contribution in [3.8, 4) is 0 Å². The Balaban J connectivity index is 1.93. The molecular weight excluding hydrogens is 509 g/mol. The lowest BCUT2D eigenvalue weighted by atomic mass is 9.88. The maximum Gasteiger partial charge on any atom is 0.475 e. The Morgan fingerprint density at radius 1 is 1.08 bits per heavy atom. The summed E-state index contributed by atoms with van der Waals surface area (Å²) in [7, 11) is -0.965. The number of rotatable bonds is 17. The summed E-state index contributed by atoms with van der Waals surface area (Å²) < 4.78 is 44.9. The van der Waals surface area contributed by atoms with E-state index in [1.165, 1.54) is 32.8 Å². The van der Waals surface area contributed by atoms with Crippen molar-refractivity contribution >= 4 is 24.9 Å². The van der Waals surface area contributed by atoms with E-state index in [4.69, 9.17) is 28.8 Å². The lowest BCUT2D eigenvalue weighted by Crippen LogP contribution is -2.36. The molecule has 3 rings (SSSR count). The van der Waals surface area contributed by atoms with Gasteiger partial charge in [-0.3, -0.25) is 18.1 Å². The highest BCUT2D eigenvalue weighted by molar-refractivity contribution is 7.48.